The van der Waals surface area contributed by atoms with E-state index in [1.54, 1.807) is 52.0 Å². The first kappa shape index (κ1) is 19.6. The van der Waals surface area contributed by atoms with Gasteiger partial charge in [0, 0.05) is 17.2 Å². The lowest BCUT2D eigenvalue weighted by Crippen LogP contribution is -2.18. The summed E-state index contributed by atoms with van der Waals surface area (Å²) in [5.74, 6) is -1.12. The molecule has 0 spiro atoms. The fraction of sp³-hybridized carbons (Fsp3) is 0.333. The second-order valence-electron chi connectivity index (χ2n) is 5.83. The third-order valence-electron chi connectivity index (χ3n) is 3.39. The number of anilines is 2. The summed E-state index contributed by atoms with van der Waals surface area (Å²) in [4.78, 5) is 40.6. The lowest BCUT2D eigenvalue weighted by Gasteiger charge is -2.09. The van der Waals surface area contributed by atoms with E-state index in [1.165, 1.54) is 0 Å². The molecule has 0 unspecified atom stereocenters. The summed E-state index contributed by atoms with van der Waals surface area (Å²) in [6.07, 6.45) is 0. The van der Waals surface area contributed by atoms with Crippen LogP contribution < -0.4 is 10.6 Å². The monoisotopic (exact) mass is 375 g/mol. The van der Waals surface area contributed by atoms with Crippen LogP contribution in [0.1, 0.15) is 46.5 Å². The summed E-state index contributed by atoms with van der Waals surface area (Å²) in [6, 6.07) is 6.61. The summed E-state index contributed by atoms with van der Waals surface area (Å²) in [5, 5.41) is 5.73. The van der Waals surface area contributed by atoms with E-state index in [2.05, 4.69) is 15.6 Å². The lowest BCUT2D eigenvalue weighted by atomic mass is 10.1. The number of thiazole rings is 1. The normalized spacial score (nSPS) is 10.5. The molecule has 2 amide bonds. The van der Waals surface area contributed by atoms with Gasteiger partial charge in [-0.25, -0.2) is 9.78 Å². The number of carbonyl (C=O) groups excluding carboxylic acids is 3. The maximum Gasteiger partial charge on any atom is 0.350 e. The molecule has 0 radical (unpaired) electrons. The molecule has 0 saturated heterocycles. The zero-order valence-electron chi connectivity index (χ0n) is 15.1. The number of benzene rings is 1. The molecular weight excluding hydrogens is 354 g/mol. The highest BCUT2D eigenvalue weighted by Gasteiger charge is 2.18. The van der Waals surface area contributed by atoms with Gasteiger partial charge in [-0.15, -0.1) is 0 Å². The average molecular weight is 375 g/mol. The standard InChI is InChI=1S/C18H21N3O4S/c1-5-25-17(24)14-11(4)19-18(26-14)21-16(23)12-7-6-8-13(9-12)20-15(22)10(2)3/h6-10H,5H2,1-4H3,(H,20,22)(H,19,21,23). The zero-order chi connectivity index (χ0) is 19.3. The van der Waals surface area contributed by atoms with Crippen molar-refractivity contribution in [3.8, 4) is 0 Å². The molecule has 0 fully saturated rings. The van der Waals surface area contributed by atoms with Gasteiger partial charge in [-0.05, 0) is 32.0 Å². The average Bonchev–Trinajstić information content (AvgIpc) is 2.95. The third-order valence-corrected chi connectivity index (χ3v) is 4.45. The number of esters is 1. The molecule has 0 bridgehead atoms. The van der Waals surface area contributed by atoms with Crippen LogP contribution in [0.2, 0.25) is 0 Å². The molecule has 0 atom stereocenters. The van der Waals surface area contributed by atoms with Crippen molar-refractivity contribution >= 4 is 39.9 Å². The Bertz CT molecular complexity index is 830. The minimum absolute atomic E-state index is 0.128. The van der Waals surface area contributed by atoms with Gasteiger partial charge in [0.25, 0.3) is 5.91 Å². The molecule has 26 heavy (non-hydrogen) atoms. The smallest absolute Gasteiger partial charge is 0.350 e. The Morgan fingerprint density at radius 3 is 2.62 bits per heavy atom. The molecule has 0 aliphatic carbocycles. The number of amides is 2. The van der Waals surface area contributed by atoms with E-state index in [4.69, 9.17) is 4.74 Å². The Hall–Kier alpha value is -2.74. The van der Waals surface area contributed by atoms with E-state index in [9.17, 15) is 14.4 Å². The van der Waals surface area contributed by atoms with Crippen LogP contribution in [-0.4, -0.2) is 29.4 Å². The van der Waals surface area contributed by atoms with Gasteiger partial charge < -0.3 is 10.1 Å². The number of hydrogen-bond donors (Lipinski definition) is 2. The molecule has 8 heteroatoms. The van der Waals surface area contributed by atoms with Crippen LogP contribution in [0.25, 0.3) is 0 Å². The van der Waals surface area contributed by atoms with Crippen molar-refractivity contribution in [2.75, 3.05) is 17.2 Å². The number of hydrogen-bond acceptors (Lipinski definition) is 6. The Balaban J connectivity index is 2.12. The molecule has 138 valence electrons. The van der Waals surface area contributed by atoms with Crippen molar-refractivity contribution in [3.63, 3.8) is 0 Å². The van der Waals surface area contributed by atoms with Crippen LogP contribution in [0.3, 0.4) is 0 Å². The van der Waals surface area contributed by atoms with Gasteiger partial charge in [0.1, 0.15) is 4.88 Å². The largest absolute Gasteiger partial charge is 0.462 e. The minimum atomic E-state index is -0.457. The van der Waals surface area contributed by atoms with Gasteiger partial charge in [0.2, 0.25) is 5.91 Å². The number of aryl methyl sites for hydroxylation is 1. The highest BCUT2D eigenvalue weighted by molar-refractivity contribution is 7.17. The second kappa shape index (κ2) is 8.57. The molecule has 2 N–H and O–H groups in total. The second-order valence-corrected chi connectivity index (χ2v) is 6.83. The molecule has 0 aliphatic heterocycles. The number of nitrogens with one attached hydrogen (secondary N) is 2. The van der Waals surface area contributed by atoms with Gasteiger partial charge in [-0.2, -0.15) is 0 Å². The first-order valence-corrected chi connectivity index (χ1v) is 9.00. The summed E-state index contributed by atoms with van der Waals surface area (Å²) in [5.41, 5.74) is 1.41. The van der Waals surface area contributed by atoms with E-state index >= 15 is 0 Å². The molecule has 2 aromatic rings. The molecular formula is C18H21N3O4S. The van der Waals surface area contributed by atoms with E-state index in [1.807, 2.05) is 0 Å². The van der Waals surface area contributed by atoms with Crippen LogP contribution in [0.4, 0.5) is 10.8 Å². The first-order chi connectivity index (χ1) is 12.3. The third kappa shape index (κ3) is 4.89. The van der Waals surface area contributed by atoms with Crippen LogP contribution in [0.5, 0.6) is 0 Å². The SMILES string of the molecule is CCOC(=O)c1sc(NC(=O)c2cccc(NC(=O)C(C)C)c2)nc1C. The molecule has 1 aromatic carbocycles. The number of aromatic nitrogens is 1. The van der Waals surface area contributed by atoms with E-state index in [-0.39, 0.29) is 24.3 Å². The predicted molar refractivity (Wildman–Crippen MR) is 101 cm³/mol. The van der Waals surface area contributed by atoms with Gasteiger partial charge in [-0.3, -0.25) is 14.9 Å². The van der Waals surface area contributed by atoms with Gasteiger partial charge in [0.15, 0.2) is 5.13 Å². The molecule has 0 saturated carbocycles. The topological polar surface area (TPSA) is 97.4 Å². The maximum atomic E-state index is 12.4. The number of carbonyl (C=O) groups is 3. The van der Waals surface area contributed by atoms with E-state index < -0.39 is 5.97 Å². The number of rotatable bonds is 6. The Kier molecular flexibility index (Phi) is 6.46. The first-order valence-electron chi connectivity index (χ1n) is 8.18. The van der Waals surface area contributed by atoms with E-state index in [0.717, 1.165) is 11.3 Å². The summed E-state index contributed by atoms with van der Waals surface area (Å²) in [6.45, 7) is 7.25. The van der Waals surface area contributed by atoms with Gasteiger partial charge in [0.05, 0.1) is 12.3 Å². The van der Waals surface area contributed by atoms with Crippen LogP contribution >= 0.6 is 11.3 Å². The highest BCUT2D eigenvalue weighted by Crippen LogP contribution is 2.24. The fourth-order valence-electron chi connectivity index (χ4n) is 2.03. The lowest BCUT2D eigenvalue weighted by molar-refractivity contribution is -0.118. The molecule has 7 nitrogen and oxygen atoms in total. The number of nitrogens with zero attached hydrogens (tertiary/aromatic N) is 1. The van der Waals surface area contributed by atoms with Crippen molar-refractivity contribution in [2.45, 2.75) is 27.7 Å². The van der Waals surface area contributed by atoms with Crippen LogP contribution in [0, 0.1) is 12.8 Å². The fourth-order valence-corrected chi connectivity index (χ4v) is 2.89. The molecule has 1 heterocycles. The summed E-state index contributed by atoms with van der Waals surface area (Å²) < 4.78 is 4.96. The zero-order valence-corrected chi connectivity index (χ0v) is 15.9. The summed E-state index contributed by atoms with van der Waals surface area (Å²) in [7, 11) is 0. The summed E-state index contributed by atoms with van der Waals surface area (Å²) >= 11 is 1.06. The van der Waals surface area contributed by atoms with E-state index in [0.29, 0.717) is 27.0 Å². The maximum absolute atomic E-state index is 12.4. The Morgan fingerprint density at radius 2 is 1.96 bits per heavy atom. The van der Waals surface area contributed by atoms with Crippen molar-refractivity contribution < 1.29 is 19.1 Å². The van der Waals surface area contributed by atoms with Crippen LogP contribution in [-0.2, 0) is 9.53 Å². The van der Waals surface area contributed by atoms with Crippen molar-refractivity contribution in [1.29, 1.82) is 0 Å². The van der Waals surface area contributed by atoms with Crippen molar-refractivity contribution in [3.05, 3.63) is 40.4 Å². The molecule has 0 aliphatic rings. The van der Waals surface area contributed by atoms with Crippen molar-refractivity contribution in [1.82, 2.24) is 4.98 Å². The van der Waals surface area contributed by atoms with Gasteiger partial charge in [-0.1, -0.05) is 31.3 Å². The predicted octanol–water partition coefficient (Wildman–Crippen LogP) is 3.48. The number of ether oxygens (including phenoxy) is 1. The molecule has 1 aromatic heterocycles. The Morgan fingerprint density at radius 1 is 1.23 bits per heavy atom. The minimum Gasteiger partial charge on any atom is -0.462 e. The molecule has 2 rings (SSSR count). The van der Waals surface area contributed by atoms with Gasteiger partial charge >= 0.3 is 5.97 Å². The van der Waals surface area contributed by atoms with Crippen LogP contribution in [0.15, 0.2) is 24.3 Å². The Labute approximate surface area is 155 Å². The quantitative estimate of drug-likeness (QED) is 0.754. The highest BCUT2D eigenvalue weighted by atomic mass is 32.1. The van der Waals surface area contributed by atoms with Crippen molar-refractivity contribution in [2.24, 2.45) is 5.92 Å².